The van der Waals surface area contributed by atoms with Gasteiger partial charge in [-0.15, -0.1) is 0 Å². The number of hydrogen-bond donors (Lipinski definition) is 0. The van der Waals surface area contributed by atoms with Gasteiger partial charge in [-0.25, -0.2) is 0 Å². The quantitative estimate of drug-likeness (QED) is 0.284. The molecule has 3 heterocycles. The van der Waals surface area contributed by atoms with Crippen LogP contribution in [0.5, 0.6) is 23.0 Å². The summed E-state index contributed by atoms with van der Waals surface area (Å²) < 4.78 is 21.6. The van der Waals surface area contributed by atoms with Crippen LogP contribution >= 0.6 is 34.8 Å². The number of ether oxygens (including phenoxy) is 4. The number of unbranched alkanes of at least 4 members (excludes halogenated alkanes) is 3. The van der Waals surface area contributed by atoms with Gasteiger partial charge in [0.15, 0.2) is 23.0 Å². The first kappa shape index (κ1) is 23.8. The third kappa shape index (κ3) is 4.27. The second kappa shape index (κ2) is 9.60. The van der Waals surface area contributed by atoms with Crippen molar-refractivity contribution in [3.63, 3.8) is 0 Å². The van der Waals surface area contributed by atoms with Crippen molar-refractivity contribution in [1.29, 1.82) is 0 Å². The average Bonchev–Trinajstić information content (AvgIpc) is 3.27. The van der Waals surface area contributed by atoms with Crippen molar-refractivity contribution in [2.24, 2.45) is 0 Å². The maximum Gasteiger partial charge on any atom is 0.231 e. The highest BCUT2D eigenvalue weighted by Crippen LogP contribution is 2.56. The molecule has 5 nitrogen and oxygen atoms in total. The lowest BCUT2D eigenvalue weighted by molar-refractivity contribution is 0.174. The molecule has 3 aliphatic rings. The van der Waals surface area contributed by atoms with E-state index in [2.05, 4.69) is 24.0 Å². The van der Waals surface area contributed by atoms with Crippen LogP contribution in [-0.4, -0.2) is 35.7 Å². The van der Waals surface area contributed by atoms with Crippen LogP contribution in [-0.2, 0) is 6.42 Å². The number of fused-ring (bicyclic) bond motifs is 5. The fourth-order valence-electron chi connectivity index (χ4n) is 5.03. The Kier molecular flexibility index (Phi) is 6.71. The Morgan fingerprint density at radius 3 is 2.62 bits per heavy atom. The molecule has 1 atom stereocenters. The van der Waals surface area contributed by atoms with Crippen molar-refractivity contribution < 1.29 is 18.9 Å². The maximum absolute atomic E-state index is 6.67. The van der Waals surface area contributed by atoms with Crippen molar-refractivity contribution >= 4 is 46.6 Å². The Hall–Kier alpha value is -1.95. The third-order valence-electron chi connectivity index (χ3n) is 6.65. The van der Waals surface area contributed by atoms with E-state index in [0.717, 1.165) is 53.1 Å². The first-order chi connectivity index (χ1) is 16.4. The molecule has 0 saturated carbocycles. The molecule has 0 aromatic heterocycles. The van der Waals surface area contributed by atoms with E-state index in [0.29, 0.717) is 24.7 Å². The van der Waals surface area contributed by atoms with E-state index in [-0.39, 0.29) is 6.79 Å². The zero-order valence-corrected chi connectivity index (χ0v) is 21.6. The summed E-state index contributed by atoms with van der Waals surface area (Å²) in [6.07, 6.45) is 7.37. The molecule has 0 amide bonds. The molecule has 0 bridgehead atoms. The van der Waals surface area contributed by atoms with Gasteiger partial charge in [-0.05, 0) is 48.2 Å². The molecule has 0 saturated heterocycles. The molecule has 182 valence electrons. The first-order valence-electron chi connectivity index (χ1n) is 11.7. The van der Waals surface area contributed by atoms with E-state index < -0.39 is 9.83 Å². The number of hydrogen-bond acceptors (Lipinski definition) is 5. The van der Waals surface area contributed by atoms with E-state index in [4.69, 9.17) is 53.8 Å². The topological polar surface area (TPSA) is 40.2 Å². The van der Waals surface area contributed by atoms with Crippen molar-refractivity contribution in [2.45, 2.75) is 48.9 Å². The van der Waals surface area contributed by atoms with Gasteiger partial charge < -0.3 is 23.8 Å². The van der Waals surface area contributed by atoms with Crippen molar-refractivity contribution in [3.8, 4) is 23.0 Å². The van der Waals surface area contributed by atoms with E-state index >= 15 is 0 Å². The zero-order valence-electron chi connectivity index (χ0n) is 19.3. The summed E-state index contributed by atoms with van der Waals surface area (Å²) in [5, 5.41) is 0. The van der Waals surface area contributed by atoms with Crippen LogP contribution in [0.4, 0.5) is 0 Å². The second-order valence-electron chi connectivity index (χ2n) is 8.79. The largest absolute Gasteiger partial charge is 0.493 e. The van der Waals surface area contributed by atoms with E-state index in [1.54, 1.807) is 7.11 Å². The minimum Gasteiger partial charge on any atom is -0.493 e. The Labute approximate surface area is 215 Å². The highest BCUT2D eigenvalue weighted by atomic mass is 35.6. The SMILES string of the molecule is CCCCCCOc1c(OC)ccc2c1[C@H](C(Cl)(Cl)Cl)N1CCc3cc4c(cc3C1=C2)OCO4. The molecule has 0 spiro atoms. The van der Waals surface area contributed by atoms with Gasteiger partial charge in [0.1, 0.15) is 6.04 Å². The molecule has 0 radical (unpaired) electrons. The van der Waals surface area contributed by atoms with Gasteiger partial charge in [0, 0.05) is 23.4 Å². The minimum atomic E-state index is -1.59. The molecule has 8 heteroatoms. The number of benzene rings is 2. The normalized spacial score (nSPS) is 18.1. The van der Waals surface area contributed by atoms with Crippen LogP contribution < -0.4 is 18.9 Å². The summed E-state index contributed by atoms with van der Waals surface area (Å²) in [6.45, 7) is 3.71. The number of methoxy groups -OCH3 is 1. The number of alkyl halides is 3. The molecule has 0 aliphatic carbocycles. The summed E-state index contributed by atoms with van der Waals surface area (Å²) in [5.41, 5.74) is 5.07. The molecule has 34 heavy (non-hydrogen) atoms. The summed E-state index contributed by atoms with van der Waals surface area (Å²) in [5.74, 6) is 2.82. The Bertz CT molecular complexity index is 1110. The van der Waals surface area contributed by atoms with Crippen molar-refractivity contribution in [1.82, 2.24) is 4.90 Å². The summed E-state index contributed by atoms with van der Waals surface area (Å²) in [6, 6.07) is 7.49. The van der Waals surface area contributed by atoms with Crippen LogP contribution in [0, 0.1) is 0 Å². The Morgan fingerprint density at radius 1 is 1.09 bits per heavy atom. The van der Waals surface area contributed by atoms with Gasteiger partial charge >= 0.3 is 0 Å². The van der Waals surface area contributed by atoms with Crippen LogP contribution in [0.1, 0.15) is 60.9 Å². The molecular weight excluding hydrogens is 497 g/mol. The van der Waals surface area contributed by atoms with Crippen LogP contribution in [0.15, 0.2) is 24.3 Å². The van der Waals surface area contributed by atoms with Gasteiger partial charge in [0.2, 0.25) is 10.6 Å². The number of rotatable bonds is 7. The molecule has 2 aromatic carbocycles. The third-order valence-corrected chi connectivity index (χ3v) is 7.27. The molecular formula is C26H28Cl3NO4. The lowest BCUT2D eigenvalue weighted by Gasteiger charge is -2.46. The van der Waals surface area contributed by atoms with Gasteiger partial charge in [0.25, 0.3) is 0 Å². The summed E-state index contributed by atoms with van der Waals surface area (Å²) in [4.78, 5) is 2.17. The van der Waals surface area contributed by atoms with Crippen molar-refractivity contribution in [3.05, 3.63) is 46.5 Å². The number of halogens is 3. The van der Waals surface area contributed by atoms with Gasteiger partial charge in [-0.1, -0.05) is 67.1 Å². The summed E-state index contributed by atoms with van der Waals surface area (Å²) >= 11 is 20.0. The number of nitrogens with zero attached hydrogens (tertiary/aromatic N) is 1. The van der Waals surface area contributed by atoms with Gasteiger partial charge in [-0.3, -0.25) is 0 Å². The van der Waals surface area contributed by atoms with Crippen LogP contribution in [0.25, 0.3) is 11.8 Å². The lowest BCUT2D eigenvalue weighted by Crippen LogP contribution is -2.41. The van der Waals surface area contributed by atoms with Crippen LogP contribution in [0.3, 0.4) is 0 Å². The van der Waals surface area contributed by atoms with E-state index in [9.17, 15) is 0 Å². The lowest BCUT2D eigenvalue weighted by atomic mass is 9.86. The fourth-order valence-corrected chi connectivity index (χ4v) is 5.71. The Balaban J connectivity index is 1.61. The smallest absolute Gasteiger partial charge is 0.231 e. The van der Waals surface area contributed by atoms with E-state index in [1.807, 2.05) is 18.2 Å². The molecule has 5 rings (SSSR count). The predicted molar refractivity (Wildman–Crippen MR) is 137 cm³/mol. The fraction of sp³-hybridized carbons (Fsp3) is 0.462. The van der Waals surface area contributed by atoms with Crippen molar-refractivity contribution in [2.75, 3.05) is 27.1 Å². The average molecular weight is 525 g/mol. The molecule has 0 N–H and O–H groups in total. The summed E-state index contributed by atoms with van der Waals surface area (Å²) in [7, 11) is 1.64. The molecule has 0 unspecified atom stereocenters. The first-order valence-corrected chi connectivity index (χ1v) is 12.9. The standard InChI is InChI=1S/C26H28Cl3NO4/c1-3-4-5-6-11-32-24-20(31-2)8-7-17-12-19-18-14-22-21(33-15-34-22)13-16(18)9-10-30(19)25(23(17)24)26(27,28)29/h7-8,12-14,25H,3-6,9-11,15H2,1-2H3/t25-/m1/s1. The molecule has 3 aliphatic heterocycles. The zero-order chi connectivity index (χ0) is 23.9. The van der Waals surface area contributed by atoms with Crippen LogP contribution in [0.2, 0.25) is 0 Å². The second-order valence-corrected chi connectivity index (χ2v) is 11.2. The minimum absolute atomic E-state index is 0.235. The highest BCUT2D eigenvalue weighted by Gasteiger charge is 2.46. The molecule has 2 aromatic rings. The maximum atomic E-state index is 6.67. The monoisotopic (exact) mass is 523 g/mol. The predicted octanol–water partition coefficient (Wildman–Crippen LogP) is 7.16. The molecule has 0 fully saturated rings. The van der Waals surface area contributed by atoms with Gasteiger partial charge in [-0.2, -0.15) is 0 Å². The highest BCUT2D eigenvalue weighted by molar-refractivity contribution is 6.68. The van der Waals surface area contributed by atoms with E-state index in [1.165, 1.54) is 18.4 Å². The van der Waals surface area contributed by atoms with Gasteiger partial charge in [0.05, 0.1) is 13.7 Å². The Morgan fingerprint density at radius 2 is 1.88 bits per heavy atom.